The van der Waals surface area contributed by atoms with Gasteiger partial charge in [0.15, 0.2) is 11.5 Å². The van der Waals surface area contributed by atoms with Gasteiger partial charge in [-0.25, -0.2) is 9.78 Å². The van der Waals surface area contributed by atoms with E-state index in [4.69, 9.17) is 0 Å². The van der Waals surface area contributed by atoms with E-state index in [1.807, 2.05) is 0 Å². The fraction of sp³-hybridized carbons (Fsp3) is 0.136. The molecule has 0 spiro atoms. The molecule has 0 saturated carbocycles. The standard InChI is InChI=1S/C22H15F3N2O4/c1-31-21(30)19(29)15-10-6-5-9-14(15)11-17(28)16-12-26-18(13-7-3-2-4-8-13)20(27-16)22(23,24)25/h2-10,12H,11H2,1H3. The number of esters is 1. The van der Waals surface area contributed by atoms with Gasteiger partial charge in [0, 0.05) is 17.5 Å². The van der Waals surface area contributed by atoms with Crippen LogP contribution in [-0.2, 0) is 22.1 Å². The molecule has 0 radical (unpaired) electrons. The van der Waals surface area contributed by atoms with Crippen LogP contribution in [0.15, 0.2) is 60.8 Å². The molecule has 0 aliphatic rings. The van der Waals surface area contributed by atoms with Crippen molar-refractivity contribution >= 4 is 17.5 Å². The average Bonchev–Trinajstić information content (AvgIpc) is 2.78. The van der Waals surface area contributed by atoms with Gasteiger partial charge in [-0.2, -0.15) is 13.2 Å². The number of hydrogen-bond acceptors (Lipinski definition) is 6. The minimum absolute atomic E-state index is 0.0763. The van der Waals surface area contributed by atoms with Crippen LogP contribution in [0, 0.1) is 0 Å². The molecule has 1 aromatic heterocycles. The van der Waals surface area contributed by atoms with Gasteiger partial charge in [0.2, 0.25) is 0 Å². The highest BCUT2D eigenvalue weighted by Crippen LogP contribution is 2.34. The van der Waals surface area contributed by atoms with Crippen LogP contribution in [0.5, 0.6) is 0 Å². The Labute approximate surface area is 174 Å². The number of nitrogens with zero attached hydrogens (tertiary/aromatic N) is 2. The van der Waals surface area contributed by atoms with Gasteiger partial charge in [-0.15, -0.1) is 0 Å². The first kappa shape index (κ1) is 21.8. The zero-order valence-electron chi connectivity index (χ0n) is 16.1. The Morgan fingerprint density at radius 2 is 1.61 bits per heavy atom. The molecule has 3 aromatic rings. The lowest BCUT2D eigenvalue weighted by Crippen LogP contribution is -2.19. The number of ketones is 2. The molecule has 9 heteroatoms. The summed E-state index contributed by atoms with van der Waals surface area (Å²) in [6, 6.07) is 13.4. The van der Waals surface area contributed by atoms with E-state index in [1.54, 1.807) is 18.2 Å². The molecule has 6 nitrogen and oxygen atoms in total. The van der Waals surface area contributed by atoms with Gasteiger partial charge < -0.3 is 4.74 Å². The second-order valence-corrected chi connectivity index (χ2v) is 6.39. The van der Waals surface area contributed by atoms with Crippen molar-refractivity contribution in [1.29, 1.82) is 0 Å². The molecule has 2 aromatic carbocycles. The van der Waals surface area contributed by atoms with Crippen LogP contribution < -0.4 is 0 Å². The number of rotatable bonds is 6. The number of methoxy groups -OCH3 is 1. The van der Waals surface area contributed by atoms with E-state index in [0.717, 1.165) is 13.3 Å². The van der Waals surface area contributed by atoms with Crippen molar-refractivity contribution < 1.29 is 32.3 Å². The predicted octanol–water partition coefficient (Wildman–Crippen LogP) is 3.94. The molecule has 0 fully saturated rings. The first-order valence-electron chi connectivity index (χ1n) is 8.95. The molecule has 0 N–H and O–H groups in total. The highest BCUT2D eigenvalue weighted by atomic mass is 19.4. The second kappa shape index (κ2) is 8.86. The third-order valence-electron chi connectivity index (χ3n) is 4.36. The van der Waals surface area contributed by atoms with Gasteiger partial charge >= 0.3 is 12.1 Å². The summed E-state index contributed by atoms with van der Waals surface area (Å²) in [4.78, 5) is 43.7. The number of carbonyl (C=O) groups excluding carboxylic acids is 3. The van der Waals surface area contributed by atoms with Crippen molar-refractivity contribution in [3.05, 3.63) is 83.3 Å². The maximum atomic E-state index is 13.6. The van der Waals surface area contributed by atoms with Crippen molar-refractivity contribution in [3.63, 3.8) is 0 Å². The zero-order valence-corrected chi connectivity index (χ0v) is 16.1. The number of halogens is 3. The van der Waals surface area contributed by atoms with Crippen molar-refractivity contribution in [2.75, 3.05) is 7.11 Å². The van der Waals surface area contributed by atoms with Crippen LogP contribution in [-0.4, -0.2) is 34.6 Å². The largest absolute Gasteiger partial charge is 0.463 e. The van der Waals surface area contributed by atoms with Gasteiger partial charge in [0.25, 0.3) is 5.78 Å². The van der Waals surface area contributed by atoms with Crippen LogP contribution in [0.3, 0.4) is 0 Å². The third kappa shape index (κ3) is 4.82. The van der Waals surface area contributed by atoms with Gasteiger partial charge in [0.05, 0.1) is 13.3 Å². The number of carbonyl (C=O) groups is 3. The minimum atomic E-state index is -4.84. The maximum absolute atomic E-state index is 13.6. The molecule has 0 aliphatic heterocycles. The lowest BCUT2D eigenvalue weighted by molar-refractivity contribution is -0.141. The summed E-state index contributed by atoms with van der Waals surface area (Å²) >= 11 is 0. The van der Waals surface area contributed by atoms with E-state index in [9.17, 15) is 27.6 Å². The molecule has 1 heterocycles. The molecule has 0 unspecified atom stereocenters. The molecule has 0 atom stereocenters. The molecule has 0 saturated heterocycles. The number of hydrogen-bond donors (Lipinski definition) is 0. The fourth-order valence-electron chi connectivity index (χ4n) is 2.89. The molecule has 3 rings (SSSR count). The van der Waals surface area contributed by atoms with Gasteiger partial charge in [-0.1, -0.05) is 54.6 Å². The lowest BCUT2D eigenvalue weighted by atomic mass is 9.98. The van der Waals surface area contributed by atoms with Gasteiger partial charge in [0.1, 0.15) is 11.4 Å². The molecule has 31 heavy (non-hydrogen) atoms. The Kier molecular flexibility index (Phi) is 6.24. The van der Waals surface area contributed by atoms with Crippen LogP contribution in [0.25, 0.3) is 11.3 Å². The number of aromatic nitrogens is 2. The van der Waals surface area contributed by atoms with E-state index in [-0.39, 0.29) is 16.7 Å². The summed E-state index contributed by atoms with van der Waals surface area (Å²) in [5.41, 5.74) is -1.91. The van der Waals surface area contributed by atoms with Crippen LogP contribution in [0.4, 0.5) is 13.2 Å². The average molecular weight is 428 g/mol. The normalized spacial score (nSPS) is 11.1. The summed E-state index contributed by atoms with van der Waals surface area (Å²) < 4.78 is 45.2. The van der Waals surface area contributed by atoms with Gasteiger partial charge in [-0.3, -0.25) is 14.6 Å². The van der Waals surface area contributed by atoms with E-state index >= 15 is 0 Å². The van der Waals surface area contributed by atoms with Crippen LogP contribution in [0.1, 0.15) is 32.1 Å². The monoisotopic (exact) mass is 428 g/mol. The number of Topliss-reactive ketones (excluding diaryl/α,β-unsaturated/α-hetero) is 2. The van der Waals surface area contributed by atoms with E-state index in [0.29, 0.717) is 0 Å². The van der Waals surface area contributed by atoms with Crippen LogP contribution >= 0.6 is 0 Å². The van der Waals surface area contributed by atoms with Crippen molar-refractivity contribution in [1.82, 2.24) is 9.97 Å². The highest BCUT2D eigenvalue weighted by Gasteiger charge is 2.37. The minimum Gasteiger partial charge on any atom is -0.463 e. The summed E-state index contributed by atoms with van der Waals surface area (Å²) in [7, 11) is 1.04. The number of benzene rings is 2. The quantitative estimate of drug-likeness (QED) is 0.336. The van der Waals surface area contributed by atoms with E-state index < -0.39 is 47.2 Å². The Balaban J connectivity index is 1.97. The number of alkyl halides is 3. The van der Waals surface area contributed by atoms with Crippen molar-refractivity contribution in [3.8, 4) is 11.3 Å². The molecule has 0 aliphatic carbocycles. The van der Waals surface area contributed by atoms with Crippen LogP contribution in [0.2, 0.25) is 0 Å². The molecule has 0 amide bonds. The Bertz CT molecular complexity index is 1140. The van der Waals surface area contributed by atoms with Gasteiger partial charge in [-0.05, 0) is 5.56 Å². The summed E-state index contributed by atoms with van der Waals surface area (Å²) in [6.45, 7) is 0. The number of ether oxygens (including phenoxy) is 1. The zero-order chi connectivity index (χ0) is 22.6. The second-order valence-electron chi connectivity index (χ2n) is 6.39. The maximum Gasteiger partial charge on any atom is 0.435 e. The third-order valence-corrected chi connectivity index (χ3v) is 4.36. The topological polar surface area (TPSA) is 86.2 Å². The summed E-state index contributed by atoms with van der Waals surface area (Å²) in [5.74, 6) is -2.87. The first-order chi connectivity index (χ1) is 14.7. The van der Waals surface area contributed by atoms with E-state index in [1.165, 1.54) is 36.4 Å². The van der Waals surface area contributed by atoms with Crippen molar-refractivity contribution in [2.24, 2.45) is 0 Å². The molecular formula is C22H15F3N2O4. The van der Waals surface area contributed by atoms with E-state index in [2.05, 4.69) is 14.7 Å². The first-order valence-corrected chi connectivity index (χ1v) is 8.95. The summed E-state index contributed by atoms with van der Waals surface area (Å²) in [5, 5.41) is 0. The molecule has 158 valence electrons. The smallest absolute Gasteiger partial charge is 0.435 e. The molecule has 0 bridgehead atoms. The SMILES string of the molecule is COC(=O)C(=O)c1ccccc1CC(=O)c1cnc(-c2ccccc2)c(C(F)(F)F)n1. The lowest BCUT2D eigenvalue weighted by Gasteiger charge is -2.13. The Morgan fingerprint density at radius 3 is 2.26 bits per heavy atom. The van der Waals surface area contributed by atoms with Crippen molar-refractivity contribution in [2.45, 2.75) is 12.6 Å². The Hall–Kier alpha value is -3.88. The summed E-state index contributed by atoms with van der Waals surface area (Å²) in [6.07, 6.45) is -4.33. The highest BCUT2D eigenvalue weighted by molar-refractivity contribution is 6.41. The predicted molar refractivity (Wildman–Crippen MR) is 103 cm³/mol. The Morgan fingerprint density at radius 1 is 0.968 bits per heavy atom. The fourth-order valence-corrected chi connectivity index (χ4v) is 2.89. The molecular weight excluding hydrogens is 413 g/mol.